The number of carbonyl (C=O) groups excluding carboxylic acids is 1. The molecule has 5 rings (SSSR count). The molecule has 1 saturated heterocycles. The van der Waals surface area contributed by atoms with Crippen LogP contribution in [0, 0.1) is 6.92 Å². The van der Waals surface area contributed by atoms with Crippen molar-refractivity contribution in [3.8, 4) is 11.5 Å². The zero-order valence-electron chi connectivity index (χ0n) is 29.3. The smallest absolute Gasteiger partial charge is 0.330 e. The van der Waals surface area contributed by atoms with Crippen molar-refractivity contribution in [3.63, 3.8) is 0 Å². The van der Waals surface area contributed by atoms with Crippen molar-refractivity contribution in [2.45, 2.75) is 49.9 Å². The number of carbonyl (C=O) groups is 2. The Hall–Kier alpha value is -5.28. The van der Waals surface area contributed by atoms with E-state index in [1.807, 2.05) is 78.9 Å². The maximum atomic E-state index is 13.2. The van der Waals surface area contributed by atoms with Crippen molar-refractivity contribution in [2.24, 2.45) is 0 Å². The lowest BCUT2D eigenvalue weighted by Crippen LogP contribution is -2.43. The zero-order valence-corrected chi connectivity index (χ0v) is 29.3. The maximum absolute atomic E-state index is 13.2. The van der Waals surface area contributed by atoms with Gasteiger partial charge in [0.25, 0.3) is 5.56 Å². The number of benzene rings is 3. The Bertz CT molecular complexity index is 1860. The number of esters is 1. The van der Waals surface area contributed by atoms with E-state index in [2.05, 4.69) is 4.98 Å². The Morgan fingerprint density at radius 2 is 1.42 bits per heavy atom. The molecule has 52 heavy (non-hydrogen) atoms. The topological polar surface area (TPSA) is 174 Å². The Kier molecular flexibility index (Phi) is 12.6. The van der Waals surface area contributed by atoms with Crippen LogP contribution in [0.5, 0.6) is 11.5 Å². The Morgan fingerprint density at radius 1 is 0.827 bits per heavy atom. The van der Waals surface area contributed by atoms with E-state index in [9.17, 15) is 24.3 Å². The van der Waals surface area contributed by atoms with Gasteiger partial charge in [-0.25, -0.2) is 4.79 Å². The second kappa shape index (κ2) is 17.3. The highest BCUT2D eigenvalue weighted by molar-refractivity contribution is 5.76. The average molecular weight is 719 g/mol. The number of ether oxygens (including phenoxy) is 7. The van der Waals surface area contributed by atoms with E-state index in [0.29, 0.717) is 11.5 Å². The summed E-state index contributed by atoms with van der Waals surface area (Å²) < 4.78 is 42.9. The fourth-order valence-corrected chi connectivity index (χ4v) is 6.14. The predicted molar refractivity (Wildman–Crippen MR) is 187 cm³/mol. The van der Waals surface area contributed by atoms with Gasteiger partial charge in [0.15, 0.2) is 12.3 Å². The van der Waals surface area contributed by atoms with Crippen molar-refractivity contribution in [2.75, 3.05) is 41.2 Å². The number of aromatic nitrogens is 2. The van der Waals surface area contributed by atoms with Crippen molar-refractivity contribution < 1.29 is 47.9 Å². The molecule has 3 aromatic carbocycles. The van der Waals surface area contributed by atoms with Gasteiger partial charge in [-0.3, -0.25) is 23.9 Å². The van der Waals surface area contributed by atoms with E-state index in [1.54, 1.807) is 14.2 Å². The molecule has 2 N–H and O–H groups in total. The zero-order chi connectivity index (χ0) is 37.3. The van der Waals surface area contributed by atoms with Crippen molar-refractivity contribution >= 4 is 11.9 Å². The van der Waals surface area contributed by atoms with Crippen LogP contribution in [-0.4, -0.2) is 86.1 Å². The summed E-state index contributed by atoms with van der Waals surface area (Å²) in [5.41, 5.74) is -0.163. The molecule has 14 heteroatoms. The van der Waals surface area contributed by atoms with Gasteiger partial charge >= 0.3 is 17.6 Å². The number of rotatable bonds is 17. The molecule has 14 nitrogen and oxygen atoms in total. The third-order valence-corrected chi connectivity index (χ3v) is 8.75. The number of nitrogens with one attached hydrogen (secondary N) is 1. The summed E-state index contributed by atoms with van der Waals surface area (Å²) >= 11 is 0. The van der Waals surface area contributed by atoms with Crippen LogP contribution in [-0.2, 0) is 38.9 Å². The summed E-state index contributed by atoms with van der Waals surface area (Å²) in [6.45, 7) is 1.58. The molecule has 2 heterocycles. The van der Waals surface area contributed by atoms with Gasteiger partial charge in [0.1, 0.15) is 29.3 Å². The minimum absolute atomic E-state index is 0.0528. The highest BCUT2D eigenvalue weighted by Crippen LogP contribution is 2.43. The largest absolute Gasteiger partial charge is 0.497 e. The first-order chi connectivity index (χ1) is 25.1. The minimum Gasteiger partial charge on any atom is -0.497 e. The number of carboxylic acids is 1. The van der Waals surface area contributed by atoms with E-state index in [1.165, 1.54) is 20.2 Å². The third kappa shape index (κ3) is 8.43. The molecule has 4 aromatic rings. The van der Waals surface area contributed by atoms with Gasteiger partial charge in [-0.2, -0.15) is 0 Å². The summed E-state index contributed by atoms with van der Waals surface area (Å²) in [5, 5.41) is 9.19. The van der Waals surface area contributed by atoms with Gasteiger partial charge in [0.2, 0.25) is 0 Å². The summed E-state index contributed by atoms with van der Waals surface area (Å²) in [4.78, 5) is 52.0. The molecule has 0 radical (unpaired) electrons. The monoisotopic (exact) mass is 718 g/mol. The number of hydrogen-bond acceptors (Lipinski definition) is 11. The summed E-state index contributed by atoms with van der Waals surface area (Å²) in [7, 11) is 4.66. The maximum Gasteiger partial charge on any atom is 0.330 e. The number of aliphatic carboxylic acids is 1. The number of methoxy groups -OCH3 is 3. The van der Waals surface area contributed by atoms with Crippen molar-refractivity contribution in [3.05, 3.63) is 128 Å². The van der Waals surface area contributed by atoms with Crippen molar-refractivity contribution in [1.29, 1.82) is 0 Å². The second-order valence-electron chi connectivity index (χ2n) is 12.0. The SMILES string of the molecule is COCCO[C@H]1[C@@H](OC(=O)CCC(=O)O)[C@H](n2cc(C)c(=O)[nH]c2=O)O[C@@H]1COC(c1ccccc1)(c1ccc(OC)cc1)c1ccc(OC)cc1. The van der Waals surface area contributed by atoms with Crippen LogP contribution in [0.25, 0.3) is 0 Å². The van der Waals surface area contributed by atoms with Crippen LogP contribution in [0.1, 0.15) is 41.3 Å². The number of hydrogen-bond donors (Lipinski definition) is 2. The summed E-state index contributed by atoms with van der Waals surface area (Å²) in [6, 6.07) is 24.5. The number of aromatic amines is 1. The first-order valence-corrected chi connectivity index (χ1v) is 16.6. The highest BCUT2D eigenvalue weighted by atomic mass is 16.6. The van der Waals surface area contributed by atoms with E-state index in [0.717, 1.165) is 21.3 Å². The normalized spacial score (nSPS) is 18.5. The fourth-order valence-electron chi connectivity index (χ4n) is 6.14. The van der Waals surface area contributed by atoms with Crippen molar-refractivity contribution in [1.82, 2.24) is 9.55 Å². The lowest BCUT2D eigenvalue weighted by Gasteiger charge is -2.37. The molecule has 1 aliphatic rings. The van der Waals surface area contributed by atoms with E-state index < -0.39 is 66.2 Å². The number of carboxylic acid groups (broad SMARTS) is 1. The predicted octanol–water partition coefficient (Wildman–Crippen LogP) is 3.58. The Morgan fingerprint density at radius 3 is 1.98 bits per heavy atom. The average Bonchev–Trinajstić information content (AvgIpc) is 3.49. The van der Waals surface area contributed by atoms with Gasteiger partial charge in [-0.15, -0.1) is 0 Å². The molecule has 0 bridgehead atoms. The Labute approximate surface area is 299 Å². The van der Waals surface area contributed by atoms with Gasteiger partial charge < -0.3 is 38.3 Å². The van der Waals surface area contributed by atoms with E-state index >= 15 is 0 Å². The molecule has 0 aliphatic carbocycles. The highest BCUT2D eigenvalue weighted by Gasteiger charge is 2.51. The third-order valence-electron chi connectivity index (χ3n) is 8.75. The molecule has 1 aliphatic heterocycles. The van der Waals surface area contributed by atoms with Crippen LogP contribution in [0.2, 0.25) is 0 Å². The van der Waals surface area contributed by atoms with E-state index in [4.69, 9.17) is 33.2 Å². The molecule has 1 aromatic heterocycles. The van der Waals surface area contributed by atoms with Gasteiger partial charge in [0, 0.05) is 18.9 Å². The van der Waals surface area contributed by atoms with E-state index in [-0.39, 0.29) is 25.4 Å². The van der Waals surface area contributed by atoms with Crippen LogP contribution in [0.4, 0.5) is 0 Å². The number of nitrogens with zero attached hydrogens (tertiary/aromatic N) is 1. The van der Waals surface area contributed by atoms with Gasteiger partial charge in [-0.05, 0) is 47.9 Å². The number of aryl methyl sites for hydroxylation is 1. The number of H-pyrrole nitrogens is 1. The van der Waals surface area contributed by atoms with Crippen LogP contribution in [0.15, 0.2) is 94.6 Å². The quantitative estimate of drug-likeness (QED) is 0.0925. The Balaban J connectivity index is 1.62. The van der Waals surface area contributed by atoms with Crippen LogP contribution >= 0.6 is 0 Å². The molecule has 4 atom stereocenters. The molecule has 0 amide bonds. The standard InChI is InChI=1S/C38H42N2O12/c1-24-22-40(37(45)39-35(24)44)36-34(52-32(43)19-18-31(41)42)33(49-21-20-46-2)30(51-36)23-50-38(25-8-6-5-7-9-25,26-10-14-28(47-3)15-11-26)27-12-16-29(48-4)17-13-27/h5-17,22,30,33-34,36H,18-21,23H2,1-4H3,(H,41,42)(H,39,44,45)/t30-,33-,34-,36-/m1/s1. The lowest BCUT2D eigenvalue weighted by atomic mass is 9.80. The van der Waals surface area contributed by atoms with Gasteiger partial charge in [-0.1, -0.05) is 54.6 Å². The lowest BCUT2D eigenvalue weighted by molar-refractivity contribution is -0.162. The molecular weight excluding hydrogens is 676 g/mol. The van der Waals surface area contributed by atoms with Crippen LogP contribution < -0.4 is 20.7 Å². The molecule has 276 valence electrons. The molecule has 0 saturated carbocycles. The summed E-state index contributed by atoms with van der Waals surface area (Å²) in [5.74, 6) is -0.740. The fraction of sp³-hybridized carbons (Fsp3) is 0.368. The molecule has 0 spiro atoms. The molecular formula is C38H42N2O12. The van der Waals surface area contributed by atoms with Crippen LogP contribution in [0.3, 0.4) is 0 Å². The minimum atomic E-state index is -1.29. The molecule has 1 fully saturated rings. The first-order valence-electron chi connectivity index (χ1n) is 16.6. The molecule has 0 unspecified atom stereocenters. The summed E-state index contributed by atoms with van der Waals surface area (Å²) in [6.07, 6.45) is -4.15. The second-order valence-corrected chi connectivity index (χ2v) is 12.0. The van der Waals surface area contributed by atoms with Gasteiger partial charge in [0.05, 0.1) is 46.9 Å². The first kappa shape index (κ1) is 38.0.